The van der Waals surface area contributed by atoms with Gasteiger partial charge in [0, 0.05) is 30.0 Å². The average molecular weight is 314 g/mol. The van der Waals surface area contributed by atoms with Gasteiger partial charge in [-0.3, -0.25) is 9.59 Å². The normalized spacial score (nSPS) is 18.2. The molecule has 3 rings (SSSR count). The summed E-state index contributed by atoms with van der Waals surface area (Å²) >= 11 is 0. The SMILES string of the molecule is Cc1ccc2oc(C(=O)N[C@H]3CC(=O)N(C(C)C)C3)c(C)c2c1. The molecule has 1 aliphatic heterocycles. The number of nitrogens with zero attached hydrogens (tertiary/aromatic N) is 1. The van der Waals surface area contributed by atoms with E-state index in [4.69, 9.17) is 4.42 Å². The second-order valence-corrected chi connectivity index (χ2v) is 6.57. The molecular formula is C18H22N2O3. The van der Waals surface area contributed by atoms with E-state index in [0.29, 0.717) is 24.3 Å². The summed E-state index contributed by atoms with van der Waals surface area (Å²) in [7, 11) is 0. The van der Waals surface area contributed by atoms with Crippen molar-refractivity contribution in [3.63, 3.8) is 0 Å². The molecule has 0 saturated carbocycles. The zero-order chi connectivity index (χ0) is 16.7. The first-order valence-corrected chi connectivity index (χ1v) is 7.97. The number of rotatable bonds is 3. The van der Waals surface area contributed by atoms with Crippen molar-refractivity contribution >= 4 is 22.8 Å². The van der Waals surface area contributed by atoms with Crippen LogP contribution in [0.5, 0.6) is 0 Å². The van der Waals surface area contributed by atoms with Crippen molar-refractivity contribution in [2.24, 2.45) is 0 Å². The molecule has 2 aromatic rings. The van der Waals surface area contributed by atoms with E-state index >= 15 is 0 Å². The standard InChI is InChI=1S/C18H22N2O3/c1-10(2)20-9-13(8-16(20)21)19-18(22)17-12(4)14-7-11(3)5-6-15(14)23-17/h5-7,10,13H,8-9H2,1-4H3,(H,19,22)/t13-/m0/s1. The second-order valence-electron chi connectivity index (χ2n) is 6.57. The molecule has 0 unspecified atom stereocenters. The summed E-state index contributed by atoms with van der Waals surface area (Å²) in [6, 6.07) is 5.86. The highest BCUT2D eigenvalue weighted by molar-refractivity contribution is 5.99. The molecule has 5 nitrogen and oxygen atoms in total. The van der Waals surface area contributed by atoms with Crippen LogP contribution in [-0.4, -0.2) is 35.3 Å². The molecule has 122 valence electrons. The van der Waals surface area contributed by atoms with Gasteiger partial charge in [0.2, 0.25) is 5.91 Å². The van der Waals surface area contributed by atoms with Crippen LogP contribution in [0, 0.1) is 13.8 Å². The Morgan fingerprint density at radius 1 is 1.35 bits per heavy atom. The molecule has 1 aliphatic rings. The van der Waals surface area contributed by atoms with Crippen LogP contribution in [0.25, 0.3) is 11.0 Å². The summed E-state index contributed by atoms with van der Waals surface area (Å²) < 4.78 is 5.72. The van der Waals surface area contributed by atoms with E-state index in [1.807, 2.05) is 45.9 Å². The Hall–Kier alpha value is -2.30. The van der Waals surface area contributed by atoms with Crippen molar-refractivity contribution in [1.82, 2.24) is 10.2 Å². The summed E-state index contributed by atoms with van der Waals surface area (Å²) in [6.07, 6.45) is 0.350. The molecule has 0 bridgehead atoms. The number of carbonyl (C=O) groups excluding carboxylic acids is 2. The van der Waals surface area contributed by atoms with Crippen molar-refractivity contribution in [3.05, 3.63) is 35.1 Å². The van der Waals surface area contributed by atoms with Crippen molar-refractivity contribution in [2.45, 2.75) is 46.2 Å². The van der Waals surface area contributed by atoms with Gasteiger partial charge in [0.1, 0.15) is 5.58 Å². The average Bonchev–Trinajstić information content (AvgIpc) is 3.00. The molecule has 0 spiro atoms. The minimum Gasteiger partial charge on any atom is -0.451 e. The van der Waals surface area contributed by atoms with Gasteiger partial charge in [0.15, 0.2) is 5.76 Å². The minimum atomic E-state index is -0.250. The maximum atomic E-state index is 12.5. The summed E-state index contributed by atoms with van der Waals surface area (Å²) in [5.74, 6) is 0.169. The third-order valence-electron chi connectivity index (χ3n) is 4.41. The van der Waals surface area contributed by atoms with E-state index in [2.05, 4.69) is 5.32 Å². The van der Waals surface area contributed by atoms with Gasteiger partial charge < -0.3 is 14.6 Å². The number of amides is 2. The number of nitrogens with one attached hydrogen (secondary N) is 1. The molecule has 0 aliphatic carbocycles. The Bertz CT molecular complexity index is 776. The van der Waals surface area contributed by atoms with Crippen molar-refractivity contribution in [1.29, 1.82) is 0 Å². The Labute approximate surface area is 135 Å². The van der Waals surface area contributed by atoms with Crippen LogP contribution in [0.1, 0.15) is 41.9 Å². The van der Waals surface area contributed by atoms with Crippen molar-refractivity contribution < 1.29 is 14.0 Å². The van der Waals surface area contributed by atoms with Crippen LogP contribution in [0.15, 0.2) is 22.6 Å². The molecule has 2 heterocycles. The molecule has 1 aromatic carbocycles. The molecule has 0 radical (unpaired) electrons. The predicted octanol–water partition coefficient (Wildman–Crippen LogP) is 2.79. The lowest BCUT2D eigenvalue weighted by molar-refractivity contribution is -0.129. The monoisotopic (exact) mass is 314 g/mol. The lowest BCUT2D eigenvalue weighted by Crippen LogP contribution is -2.38. The van der Waals surface area contributed by atoms with Crippen LogP contribution < -0.4 is 5.32 Å². The zero-order valence-electron chi connectivity index (χ0n) is 14.0. The van der Waals surface area contributed by atoms with E-state index in [-0.39, 0.29) is 23.9 Å². The summed E-state index contributed by atoms with van der Waals surface area (Å²) in [6.45, 7) is 8.42. The third-order valence-corrected chi connectivity index (χ3v) is 4.41. The number of hydrogen-bond acceptors (Lipinski definition) is 3. The predicted molar refractivity (Wildman–Crippen MR) is 88.4 cm³/mol. The largest absolute Gasteiger partial charge is 0.451 e. The highest BCUT2D eigenvalue weighted by Crippen LogP contribution is 2.26. The highest BCUT2D eigenvalue weighted by atomic mass is 16.3. The summed E-state index contributed by atoms with van der Waals surface area (Å²) in [4.78, 5) is 26.3. The summed E-state index contributed by atoms with van der Waals surface area (Å²) in [5, 5.41) is 3.89. The van der Waals surface area contributed by atoms with E-state index < -0.39 is 0 Å². The lowest BCUT2D eigenvalue weighted by Gasteiger charge is -2.21. The fraction of sp³-hybridized carbons (Fsp3) is 0.444. The van der Waals surface area contributed by atoms with E-state index in [9.17, 15) is 9.59 Å². The number of benzene rings is 1. The van der Waals surface area contributed by atoms with Crippen molar-refractivity contribution in [3.8, 4) is 0 Å². The number of likely N-dealkylation sites (tertiary alicyclic amines) is 1. The Morgan fingerprint density at radius 3 is 2.74 bits per heavy atom. The number of hydrogen-bond donors (Lipinski definition) is 1. The van der Waals surface area contributed by atoms with Crippen LogP contribution in [0.3, 0.4) is 0 Å². The van der Waals surface area contributed by atoms with Crippen LogP contribution in [-0.2, 0) is 4.79 Å². The van der Waals surface area contributed by atoms with E-state index in [0.717, 1.165) is 16.5 Å². The van der Waals surface area contributed by atoms with Crippen LogP contribution in [0.2, 0.25) is 0 Å². The molecule has 1 fully saturated rings. The molecular weight excluding hydrogens is 292 g/mol. The summed E-state index contributed by atoms with van der Waals surface area (Å²) in [5.41, 5.74) is 2.68. The lowest BCUT2D eigenvalue weighted by atomic mass is 10.1. The zero-order valence-corrected chi connectivity index (χ0v) is 14.0. The number of aryl methyl sites for hydroxylation is 2. The first-order valence-electron chi connectivity index (χ1n) is 7.97. The maximum Gasteiger partial charge on any atom is 0.287 e. The van der Waals surface area contributed by atoms with Gasteiger partial charge in [-0.1, -0.05) is 11.6 Å². The van der Waals surface area contributed by atoms with Gasteiger partial charge in [0.25, 0.3) is 5.91 Å². The van der Waals surface area contributed by atoms with Crippen LogP contribution >= 0.6 is 0 Å². The number of furan rings is 1. The van der Waals surface area contributed by atoms with Gasteiger partial charge in [-0.05, 0) is 39.8 Å². The molecule has 23 heavy (non-hydrogen) atoms. The van der Waals surface area contributed by atoms with Gasteiger partial charge in [0.05, 0.1) is 6.04 Å². The molecule has 1 saturated heterocycles. The van der Waals surface area contributed by atoms with Crippen LogP contribution in [0.4, 0.5) is 0 Å². The first-order chi connectivity index (χ1) is 10.9. The number of fused-ring (bicyclic) bond motifs is 1. The minimum absolute atomic E-state index is 0.0854. The first kappa shape index (κ1) is 15.6. The fourth-order valence-corrected chi connectivity index (χ4v) is 3.13. The second kappa shape index (κ2) is 5.72. The maximum absolute atomic E-state index is 12.5. The fourth-order valence-electron chi connectivity index (χ4n) is 3.13. The van der Waals surface area contributed by atoms with Gasteiger partial charge >= 0.3 is 0 Å². The Kier molecular flexibility index (Phi) is 3.88. The Morgan fingerprint density at radius 2 is 2.09 bits per heavy atom. The number of carbonyl (C=O) groups is 2. The molecule has 1 N–H and O–H groups in total. The molecule has 1 atom stereocenters. The van der Waals surface area contributed by atoms with Gasteiger partial charge in [-0.15, -0.1) is 0 Å². The molecule has 2 amide bonds. The quantitative estimate of drug-likeness (QED) is 0.947. The van der Waals surface area contributed by atoms with Gasteiger partial charge in [-0.2, -0.15) is 0 Å². The molecule has 1 aromatic heterocycles. The smallest absolute Gasteiger partial charge is 0.287 e. The Balaban J connectivity index is 1.79. The van der Waals surface area contributed by atoms with Gasteiger partial charge in [-0.25, -0.2) is 0 Å². The van der Waals surface area contributed by atoms with Crippen molar-refractivity contribution in [2.75, 3.05) is 6.54 Å². The van der Waals surface area contributed by atoms with E-state index in [1.165, 1.54) is 0 Å². The third kappa shape index (κ3) is 2.83. The highest BCUT2D eigenvalue weighted by Gasteiger charge is 2.33. The molecule has 5 heteroatoms. The topological polar surface area (TPSA) is 62.6 Å². The van der Waals surface area contributed by atoms with E-state index in [1.54, 1.807) is 4.90 Å².